The van der Waals surface area contributed by atoms with Crippen molar-refractivity contribution in [1.29, 1.82) is 0 Å². The molecule has 246 valence electrons. The van der Waals surface area contributed by atoms with Gasteiger partial charge in [0.05, 0.1) is 38.4 Å². The summed E-state index contributed by atoms with van der Waals surface area (Å²) in [5.74, 6) is 2.28. The van der Waals surface area contributed by atoms with E-state index >= 15 is 0 Å². The fraction of sp³-hybridized carbons (Fsp3) is 0.289. The van der Waals surface area contributed by atoms with E-state index in [1.54, 1.807) is 7.11 Å². The van der Waals surface area contributed by atoms with Crippen molar-refractivity contribution in [2.45, 2.75) is 51.6 Å². The Morgan fingerprint density at radius 3 is 2.33 bits per heavy atom. The van der Waals surface area contributed by atoms with Crippen LogP contribution in [-0.4, -0.2) is 42.5 Å². The molecule has 0 unspecified atom stereocenters. The lowest BCUT2D eigenvalue weighted by molar-refractivity contribution is -0.138. The van der Waals surface area contributed by atoms with Crippen LogP contribution in [0.2, 0.25) is 0 Å². The number of phenolic OH excluding ortho intramolecular Hbond substituents is 1. The molecule has 48 heavy (non-hydrogen) atoms. The summed E-state index contributed by atoms with van der Waals surface area (Å²) in [5.41, 5.74) is 7.37. The maximum atomic E-state index is 14.6. The minimum atomic E-state index is -0.587. The molecule has 4 aromatic rings. The summed E-state index contributed by atoms with van der Waals surface area (Å²) in [6, 6.07) is 18.4. The Morgan fingerprint density at radius 2 is 1.62 bits per heavy atom. The Kier molecular flexibility index (Phi) is 7.82. The number of rotatable bonds is 8. The van der Waals surface area contributed by atoms with Crippen LogP contribution in [0.5, 0.6) is 28.7 Å². The molecule has 1 fully saturated rings. The standard InChI is InChI=1S/C38H35BrN2O7/c1-20-31(39)24-14-26-38(43)41-27(32(40-26)30(24)37(34(20)44-3)46-17-23-12-8-5-9-13-23)15-25-29(36-35(47-19-48-36)21(2)33(25)42)28(41)18-45-16-22-10-6-4-7-11-22/h4-13,15,26,28,32,40,42H,14,16-19H2,1-3H3/t26-,28-,32-/m0/s1. The van der Waals surface area contributed by atoms with Gasteiger partial charge in [0.25, 0.3) is 0 Å². The predicted octanol–water partition coefficient (Wildman–Crippen LogP) is 6.80. The number of hydrogen-bond acceptors (Lipinski definition) is 8. The quantitative estimate of drug-likeness (QED) is 0.206. The van der Waals surface area contributed by atoms with Gasteiger partial charge < -0.3 is 33.7 Å². The Balaban J connectivity index is 1.29. The molecule has 4 aromatic carbocycles. The highest BCUT2D eigenvalue weighted by molar-refractivity contribution is 9.10. The van der Waals surface area contributed by atoms with E-state index < -0.39 is 18.1 Å². The third-order valence-corrected chi connectivity index (χ3v) is 10.8. The van der Waals surface area contributed by atoms with Gasteiger partial charge in [-0.2, -0.15) is 0 Å². The maximum absolute atomic E-state index is 14.6. The topological polar surface area (TPSA) is 98.7 Å². The molecule has 0 radical (unpaired) electrons. The molecule has 4 heterocycles. The average molecular weight is 712 g/mol. The van der Waals surface area contributed by atoms with Gasteiger partial charge in [-0.25, -0.2) is 0 Å². The molecular weight excluding hydrogens is 676 g/mol. The minimum absolute atomic E-state index is 0.0314. The van der Waals surface area contributed by atoms with Crippen LogP contribution in [0.3, 0.4) is 0 Å². The van der Waals surface area contributed by atoms with E-state index in [1.807, 2.05) is 85.5 Å². The zero-order chi connectivity index (χ0) is 33.1. The third kappa shape index (κ3) is 4.84. The van der Waals surface area contributed by atoms with Gasteiger partial charge in [0.15, 0.2) is 23.0 Å². The van der Waals surface area contributed by atoms with Crippen molar-refractivity contribution in [1.82, 2.24) is 10.2 Å². The monoisotopic (exact) mass is 710 g/mol. The van der Waals surface area contributed by atoms with E-state index in [-0.39, 0.29) is 25.1 Å². The van der Waals surface area contributed by atoms with Crippen molar-refractivity contribution in [2.24, 2.45) is 0 Å². The van der Waals surface area contributed by atoms with Crippen LogP contribution in [0.4, 0.5) is 0 Å². The van der Waals surface area contributed by atoms with E-state index in [9.17, 15) is 9.90 Å². The van der Waals surface area contributed by atoms with Gasteiger partial charge in [-0.05, 0) is 43.0 Å². The zero-order valence-electron chi connectivity index (χ0n) is 26.8. The lowest BCUT2D eigenvalue weighted by Crippen LogP contribution is -2.60. The number of ether oxygens (including phenoxy) is 5. The molecule has 2 N–H and O–H groups in total. The third-order valence-electron chi connectivity index (χ3n) is 9.74. The van der Waals surface area contributed by atoms with Crippen LogP contribution in [0.25, 0.3) is 6.08 Å². The fourth-order valence-corrected chi connectivity index (χ4v) is 8.00. The van der Waals surface area contributed by atoms with Crippen LogP contribution in [0.15, 0.2) is 70.8 Å². The number of benzene rings is 4. The van der Waals surface area contributed by atoms with Crippen molar-refractivity contribution in [3.8, 4) is 28.7 Å². The van der Waals surface area contributed by atoms with Gasteiger partial charge in [0.2, 0.25) is 12.7 Å². The molecule has 4 aliphatic heterocycles. The van der Waals surface area contributed by atoms with Crippen molar-refractivity contribution in [2.75, 3.05) is 20.5 Å². The molecule has 3 atom stereocenters. The summed E-state index contributed by atoms with van der Waals surface area (Å²) in [6.45, 7) is 4.71. The fourth-order valence-electron chi connectivity index (χ4n) is 7.45. The molecule has 0 spiro atoms. The Labute approximate surface area is 287 Å². The maximum Gasteiger partial charge on any atom is 0.244 e. The van der Waals surface area contributed by atoms with Crippen LogP contribution in [-0.2, 0) is 29.2 Å². The summed E-state index contributed by atoms with van der Waals surface area (Å²) in [5, 5.41) is 15.3. The van der Waals surface area contributed by atoms with Gasteiger partial charge in [0.1, 0.15) is 12.4 Å². The summed E-state index contributed by atoms with van der Waals surface area (Å²) in [7, 11) is 1.64. The number of carbonyl (C=O) groups is 1. The first kappa shape index (κ1) is 30.8. The number of halogens is 1. The molecule has 0 aromatic heterocycles. The molecule has 4 aliphatic rings. The lowest BCUT2D eigenvalue weighted by Gasteiger charge is -2.50. The number of methoxy groups -OCH3 is 1. The van der Waals surface area contributed by atoms with Crippen molar-refractivity contribution in [3.63, 3.8) is 0 Å². The summed E-state index contributed by atoms with van der Waals surface area (Å²) >= 11 is 3.85. The number of phenols is 1. The number of piperazine rings is 1. The van der Waals surface area contributed by atoms with E-state index in [0.717, 1.165) is 32.3 Å². The predicted molar refractivity (Wildman–Crippen MR) is 182 cm³/mol. The molecule has 2 bridgehead atoms. The Hall–Kier alpha value is -4.51. The highest BCUT2D eigenvalue weighted by Crippen LogP contribution is 2.57. The second-order valence-electron chi connectivity index (χ2n) is 12.5. The molecule has 10 heteroatoms. The van der Waals surface area contributed by atoms with Gasteiger partial charge in [-0.15, -0.1) is 0 Å². The number of carbonyl (C=O) groups excluding carboxylic acids is 1. The van der Waals surface area contributed by atoms with E-state index in [1.165, 1.54) is 0 Å². The second kappa shape index (κ2) is 12.2. The smallest absolute Gasteiger partial charge is 0.244 e. The Morgan fingerprint density at radius 1 is 0.938 bits per heavy atom. The highest BCUT2D eigenvalue weighted by atomic mass is 79.9. The van der Waals surface area contributed by atoms with E-state index in [0.29, 0.717) is 65.0 Å². The highest BCUT2D eigenvalue weighted by Gasteiger charge is 2.51. The molecule has 1 saturated heterocycles. The first-order chi connectivity index (χ1) is 23.4. The first-order valence-corrected chi connectivity index (χ1v) is 16.8. The normalized spacial score (nSPS) is 20.1. The van der Waals surface area contributed by atoms with Crippen molar-refractivity contribution < 1.29 is 33.6 Å². The largest absolute Gasteiger partial charge is 0.507 e. The summed E-state index contributed by atoms with van der Waals surface area (Å²) in [4.78, 5) is 16.4. The second-order valence-corrected chi connectivity index (χ2v) is 13.3. The number of nitrogens with one attached hydrogen (secondary N) is 1. The molecule has 8 rings (SSSR count). The van der Waals surface area contributed by atoms with Gasteiger partial charge >= 0.3 is 0 Å². The van der Waals surface area contributed by atoms with Crippen LogP contribution in [0, 0.1) is 13.8 Å². The molecule has 0 saturated carbocycles. The van der Waals surface area contributed by atoms with E-state index in [4.69, 9.17) is 23.7 Å². The number of fused-ring (bicyclic) bond motifs is 9. The molecule has 1 amide bonds. The van der Waals surface area contributed by atoms with Crippen LogP contribution < -0.4 is 24.3 Å². The lowest BCUT2D eigenvalue weighted by atomic mass is 9.79. The minimum Gasteiger partial charge on any atom is -0.507 e. The molecular formula is C38H35BrN2O7. The average Bonchev–Trinajstić information content (AvgIpc) is 3.61. The number of hydrogen-bond donors (Lipinski definition) is 2. The van der Waals surface area contributed by atoms with E-state index in [2.05, 4.69) is 21.2 Å². The van der Waals surface area contributed by atoms with Crippen LogP contribution in [0.1, 0.15) is 56.6 Å². The molecule has 0 aliphatic carbocycles. The first-order valence-electron chi connectivity index (χ1n) is 16.0. The van der Waals surface area contributed by atoms with Crippen LogP contribution >= 0.6 is 15.9 Å². The zero-order valence-corrected chi connectivity index (χ0v) is 28.4. The van der Waals surface area contributed by atoms with Crippen molar-refractivity contribution in [3.05, 3.63) is 115 Å². The van der Waals surface area contributed by atoms with Gasteiger partial charge in [-0.3, -0.25) is 10.1 Å². The Bertz CT molecular complexity index is 1960. The number of nitrogens with zero attached hydrogens (tertiary/aromatic N) is 1. The van der Waals surface area contributed by atoms with Gasteiger partial charge in [-0.1, -0.05) is 76.6 Å². The van der Waals surface area contributed by atoms with Crippen molar-refractivity contribution >= 4 is 27.9 Å². The number of amides is 1. The molecule has 9 nitrogen and oxygen atoms in total. The number of aromatic hydroxyl groups is 1. The summed E-state index contributed by atoms with van der Waals surface area (Å²) in [6.07, 6.45) is 2.35. The van der Waals surface area contributed by atoms with Gasteiger partial charge in [0, 0.05) is 38.0 Å². The summed E-state index contributed by atoms with van der Waals surface area (Å²) < 4.78 is 31.7. The SMILES string of the molecule is COc1c(C)c(Br)c2c(c1OCc1ccccc1)[C@H]1N[C@@H](C2)C(=O)N2C1=Cc1c(O)c(C)c3c(c1[C@@H]2COCc1ccccc1)OCO3.